The van der Waals surface area contributed by atoms with Crippen LogP contribution in [-0.2, 0) is 15.7 Å². The van der Waals surface area contributed by atoms with E-state index in [9.17, 15) is 27.6 Å². The molecule has 2 aromatic carbocycles. The molecule has 0 spiro atoms. The van der Waals surface area contributed by atoms with Gasteiger partial charge in [0.2, 0.25) is 5.76 Å². The van der Waals surface area contributed by atoms with Crippen LogP contribution in [0.15, 0.2) is 63.8 Å². The van der Waals surface area contributed by atoms with Gasteiger partial charge in [-0.2, -0.15) is 13.2 Å². The van der Waals surface area contributed by atoms with Gasteiger partial charge < -0.3 is 14.5 Å². The van der Waals surface area contributed by atoms with Crippen LogP contribution in [0.4, 0.5) is 18.9 Å². The summed E-state index contributed by atoms with van der Waals surface area (Å²) in [6.07, 6.45) is -4.48. The van der Waals surface area contributed by atoms with Gasteiger partial charge in [0.05, 0.1) is 10.9 Å². The highest BCUT2D eigenvalue weighted by Gasteiger charge is 2.30. The van der Waals surface area contributed by atoms with Crippen molar-refractivity contribution in [3.05, 3.63) is 76.1 Å². The van der Waals surface area contributed by atoms with Crippen LogP contribution < -0.4 is 10.7 Å². The molecule has 6 nitrogen and oxygen atoms in total. The van der Waals surface area contributed by atoms with Crippen molar-refractivity contribution in [2.45, 2.75) is 6.18 Å². The number of alkyl halides is 3. The Labute approximate surface area is 155 Å². The van der Waals surface area contributed by atoms with Crippen LogP contribution in [0.2, 0.25) is 0 Å². The van der Waals surface area contributed by atoms with Crippen LogP contribution in [0, 0.1) is 0 Å². The molecule has 1 amide bonds. The minimum Gasteiger partial charge on any atom is -0.450 e. The minimum atomic E-state index is -4.48. The Kier molecular flexibility index (Phi) is 5.16. The molecular weight excluding hydrogens is 379 g/mol. The largest absolute Gasteiger partial charge is 0.450 e. The highest BCUT2D eigenvalue weighted by atomic mass is 19.4. The quantitative estimate of drug-likeness (QED) is 0.687. The third kappa shape index (κ3) is 4.37. The van der Waals surface area contributed by atoms with Gasteiger partial charge in [-0.25, -0.2) is 4.79 Å². The van der Waals surface area contributed by atoms with Crippen molar-refractivity contribution in [3.63, 3.8) is 0 Å². The van der Waals surface area contributed by atoms with Gasteiger partial charge in [0.1, 0.15) is 5.58 Å². The highest BCUT2D eigenvalue weighted by Crippen LogP contribution is 2.29. The average molecular weight is 391 g/mol. The van der Waals surface area contributed by atoms with Crippen molar-refractivity contribution in [2.24, 2.45) is 0 Å². The Morgan fingerprint density at radius 1 is 1.04 bits per heavy atom. The van der Waals surface area contributed by atoms with Crippen molar-refractivity contribution in [2.75, 3.05) is 11.9 Å². The van der Waals surface area contributed by atoms with Crippen LogP contribution in [-0.4, -0.2) is 18.5 Å². The predicted molar refractivity (Wildman–Crippen MR) is 92.8 cm³/mol. The fourth-order valence-corrected chi connectivity index (χ4v) is 2.35. The van der Waals surface area contributed by atoms with Gasteiger partial charge in [-0.15, -0.1) is 0 Å². The lowest BCUT2D eigenvalue weighted by molar-refractivity contribution is -0.137. The summed E-state index contributed by atoms with van der Waals surface area (Å²) in [5.41, 5.74) is -1.01. The molecule has 1 heterocycles. The van der Waals surface area contributed by atoms with Crippen LogP contribution >= 0.6 is 0 Å². The van der Waals surface area contributed by atoms with Gasteiger partial charge >= 0.3 is 12.1 Å². The van der Waals surface area contributed by atoms with E-state index < -0.39 is 35.7 Å². The fourth-order valence-electron chi connectivity index (χ4n) is 2.35. The zero-order valence-corrected chi connectivity index (χ0v) is 14.1. The van der Waals surface area contributed by atoms with E-state index in [1.54, 1.807) is 12.1 Å². The summed E-state index contributed by atoms with van der Waals surface area (Å²) in [7, 11) is 0. The zero-order chi connectivity index (χ0) is 20.3. The SMILES string of the molecule is O=C(COC(=O)c1cc(=O)c2ccccc2o1)Nc1ccc(C(F)(F)F)cc1. The summed E-state index contributed by atoms with van der Waals surface area (Å²) in [6, 6.07) is 11.0. The third-order valence-corrected chi connectivity index (χ3v) is 3.67. The molecule has 0 unspecified atom stereocenters. The third-order valence-electron chi connectivity index (χ3n) is 3.67. The molecule has 0 aliphatic heterocycles. The summed E-state index contributed by atoms with van der Waals surface area (Å²) >= 11 is 0. The Balaban J connectivity index is 1.61. The van der Waals surface area contributed by atoms with Crippen LogP contribution in [0.3, 0.4) is 0 Å². The second kappa shape index (κ2) is 7.55. The second-order valence-electron chi connectivity index (χ2n) is 5.67. The van der Waals surface area contributed by atoms with Crippen molar-refractivity contribution >= 4 is 28.5 Å². The summed E-state index contributed by atoms with van der Waals surface area (Å²) < 4.78 is 47.6. The number of ether oxygens (including phenoxy) is 1. The van der Waals surface area contributed by atoms with Gasteiger partial charge in [0.15, 0.2) is 12.0 Å². The number of amides is 1. The minimum absolute atomic E-state index is 0.103. The van der Waals surface area contributed by atoms with E-state index in [2.05, 4.69) is 5.32 Å². The van der Waals surface area contributed by atoms with E-state index >= 15 is 0 Å². The van der Waals surface area contributed by atoms with Crippen LogP contribution in [0.25, 0.3) is 11.0 Å². The van der Waals surface area contributed by atoms with E-state index in [1.807, 2.05) is 0 Å². The number of halogens is 3. The maximum atomic E-state index is 12.5. The van der Waals surface area contributed by atoms with Gasteiger partial charge in [-0.05, 0) is 36.4 Å². The molecule has 0 atom stereocenters. The lowest BCUT2D eigenvalue weighted by Gasteiger charge is -2.09. The molecule has 0 saturated heterocycles. The van der Waals surface area contributed by atoms with Gasteiger partial charge in [-0.3, -0.25) is 9.59 Å². The number of nitrogens with one attached hydrogen (secondary N) is 1. The van der Waals surface area contributed by atoms with Crippen LogP contribution in [0.1, 0.15) is 16.1 Å². The molecule has 28 heavy (non-hydrogen) atoms. The van der Waals surface area contributed by atoms with E-state index in [4.69, 9.17) is 9.15 Å². The highest BCUT2D eigenvalue weighted by molar-refractivity contribution is 5.95. The van der Waals surface area contributed by atoms with Crippen molar-refractivity contribution in [3.8, 4) is 0 Å². The van der Waals surface area contributed by atoms with Gasteiger partial charge in [-0.1, -0.05) is 12.1 Å². The Hall–Kier alpha value is -3.62. The molecule has 0 saturated carbocycles. The normalized spacial score (nSPS) is 11.2. The Morgan fingerprint density at radius 3 is 2.39 bits per heavy atom. The Bertz CT molecular complexity index is 1090. The van der Waals surface area contributed by atoms with Crippen molar-refractivity contribution in [1.29, 1.82) is 0 Å². The number of esters is 1. The summed E-state index contributed by atoms with van der Waals surface area (Å²) in [4.78, 5) is 35.8. The topological polar surface area (TPSA) is 85.6 Å². The van der Waals surface area contributed by atoms with Crippen molar-refractivity contribution < 1.29 is 31.9 Å². The first-order valence-corrected chi connectivity index (χ1v) is 7.91. The molecule has 1 N–H and O–H groups in total. The smallest absolute Gasteiger partial charge is 0.416 e. The lowest BCUT2D eigenvalue weighted by atomic mass is 10.2. The molecule has 9 heteroatoms. The number of hydrogen-bond donors (Lipinski definition) is 1. The maximum absolute atomic E-state index is 12.5. The molecule has 0 aliphatic rings. The van der Waals surface area contributed by atoms with E-state index in [-0.39, 0.29) is 17.0 Å². The molecule has 0 radical (unpaired) electrons. The molecule has 0 aliphatic carbocycles. The van der Waals surface area contributed by atoms with Crippen LogP contribution in [0.5, 0.6) is 0 Å². The number of hydrogen-bond acceptors (Lipinski definition) is 5. The number of carbonyl (C=O) groups is 2. The van der Waals surface area contributed by atoms with E-state index in [0.717, 1.165) is 30.3 Å². The standard InChI is InChI=1S/C19H12F3NO5/c20-19(21,22)11-5-7-12(8-6-11)23-17(25)10-27-18(26)16-9-14(24)13-3-1-2-4-15(13)28-16/h1-9H,10H2,(H,23,25). The maximum Gasteiger partial charge on any atom is 0.416 e. The molecular formula is C19H12F3NO5. The number of rotatable bonds is 4. The average Bonchev–Trinajstić information content (AvgIpc) is 2.66. The molecule has 0 fully saturated rings. The summed E-state index contributed by atoms with van der Waals surface area (Å²) in [5.74, 6) is -2.16. The second-order valence-corrected chi connectivity index (χ2v) is 5.67. The molecule has 3 aromatic rings. The monoisotopic (exact) mass is 391 g/mol. The number of para-hydroxylation sites is 1. The first-order valence-electron chi connectivity index (χ1n) is 7.91. The van der Waals surface area contributed by atoms with Gasteiger partial charge in [0.25, 0.3) is 5.91 Å². The summed E-state index contributed by atoms with van der Waals surface area (Å²) in [6.45, 7) is -0.712. The summed E-state index contributed by atoms with van der Waals surface area (Å²) in [5, 5.41) is 2.58. The fraction of sp³-hybridized carbons (Fsp3) is 0.105. The number of anilines is 1. The van der Waals surface area contributed by atoms with Gasteiger partial charge in [0, 0.05) is 11.8 Å². The number of carbonyl (C=O) groups excluding carboxylic acids is 2. The molecule has 3 rings (SSSR count). The molecule has 0 bridgehead atoms. The van der Waals surface area contributed by atoms with E-state index in [0.29, 0.717) is 5.39 Å². The molecule has 1 aromatic heterocycles. The van der Waals surface area contributed by atoms with Crippen molar-refractivity contribution in [1.82, 2.24) is 0 Å². The van der Waals surface area contributed by atoms with E-state index in [1.165, 1.54) is 12.1 Å². The number of fused-ring (bicyclic) bond motifs is 1. The zero-order valence-electron chi connectivity index (χ0n) is 14.1. The first-order chi connectivity index (χ1) is 13.2. The first kappa shape index (κ1) is 19.2. The predicted octanol–water partition coefficient (Wildman–Crippen LogP) is 3.61. The number of benzene rings is 2. The Morgan fingerprint density at radius 2 is 1.71 bits per heavy atom. The lowest BCUT2D eigenvalue weighted by Crippen LogP contribution is -2.21. The molecule has 144 valence electrons.